The van der Waals surface area contributed by atoms with Crippen molar-refractivity contribution < 1.29 is 5.11 Å². The van der Waals surface area contributed by atoms with Crippen molar-refractivity contribution in [3.05, 3.63) is 23.9 Å². The maximum Gasteiger partial charge on any atom is 0.128 e. The first-order valence-electron chi connectivity index (χ1n) is 6.28. The van der Waals surface area contributed by atoms with Crippen LogP contribution in [0.1, 0.15) is 25.5 Å². The molecule has 102 valence electrons. The van der Waals surface area contributed by atoms with Gasteiger partial charge in [-0.2, -0.15) is 0 Å². The van der Waals surface area contributed by atoms with Crippen LogP contribution in [0.25, 0.3) is 0 Å². The molecular formula is C13H22ClN3O. The number of halogens is 1. The zero-order valence-corrected chi connectivity index (χ0v) is 11.8. The van der Waals surface area contributed by atoms with E-state index in [4.69, 9.17) is 0 Å². The molecule has 1 aromatic heterocycles. The highest BCUT2D eigenvalue weighted by Crippen LogP contribution is 2.22. The van der Waals surface area contributed by atoms with Crippen LogP contribution in [0.3, 0.4) is 0 Å². The number of piperazine rings is 1. The van der Waals surface area contributed by atoms with Crippen LogP contribution in [0.2, 0.25) is 0 Å². The Morgan fingerprint density at radius 3 is 2.44 bits per heavy atom. The van der Waals surface area contributed by atoms with Crippen molar-refractivity contribution in [1.82, 2.24) is 10.3 Å². The smallest absolute Gasteiger partial charge is 0.128 e. The number of nitrogens with one attached hydrogen (secondary N) is 1. The Morgan fingerprint density at radius 2 is 1.94 bits per heavy atom. The maximum atomic E-state index is 9.94. The van der Waals surface area contributed by atoms with Gasteiger partial charge in [-0.25, -0.2) is 4.98 Å². The summed E-state index contributed by atoms with van der Waals surface area (Å²) in [6, 6.07) is 3.99. The van der Waals surface area contributed by atoms with Crippen molar-refractivity contribution in [3.63, 3.8) is 0 Å². The molecule has 1 aromatic rings. The zero-order valence-electron chi connectivity index (χ0n) is 11.0. The topological polar surface area (TPSA) is 48.4 Å². The molecular weight excluding hydrogens is 250 g/mol. The molecule has 5 heteroatoms. The van der Waals surface area contributed by atoms with Crippen molar-refractivity contribution >= 4 is 18.2 Å². The summed E-state index contributed by atoms with van der Waals surface area (Å²) in [5.41, 5.74) is 0.902. The number of aliphatic hydroxyl groups is 1. The minimum Gasteiger partial charge on any atom is -0.388 e. The van der Waals surface area contributed by atoms with Gasteiger partial charge in [-0.3, -0.25) is 0 Å². The average Bonchev–Trinajstić information content (AvgIpc) is 2.39. The number of hydrogen-bond donors (Lipinski definition) is 2. The molecule has 1 unspecified atom stereocenters. The zero-order chi connectivity index (χ0) is 12.3. The summed E-state index contributed by atoms with van der Waals surface area (Å²) >= 11 is 0. The van der Waals surface area contributed by atoms with E-state index in [-0.39, 0.29) is 18.3 Å². The lowest BCUT2D eigenvalue weighted by molar-refractivity contribution is 0.126. The number of pyridine rings is 1. The third-order valence-electron chi connectivity index (χ3n) is 3.18. The van der Waals surface area contributed by atoms with E-state index in [1.165, 1.54) is 0 Å². The van der Waals surface area contributed by atoms with Gasteiger partial charge in [0, 0.05) is 32.4 Å². The van der Waals surface area contributed by atoms with E-state index < -0.39 is 6.10 Å². The molecule has 0 aromatic carbocycles. The molecule has 0 aliphatic carbocycles. The lowest BCUT2D eigenvalue weighted by Gasteiger charge is -2.28. The fourth-order valence-electron chi connectivity index (χ4n) is 2.04. The standard InChI is InChI=1S/C13H21N3O.ClH/c1-10(2)13(17)11-3-4-12(15-9-11)16-7-5-14-6-8-16;/h3-4,9-10,13-14,17H,5-8H2,1-2H3;1H. The van der Waals surface area contributed by atoms with Crippen LogP contribution in [-0.4, -0.2) is 36.3 Å². The van der Waals surface area contributed by atoms with Gasteiger partial charge in [-0.05, 0) is 17.5 Å². The van der Waals surface area contributed by atoms with Crippen LogP contribution in [0.5, 0.6) is 0 Å². The highest BCUT2D eigenvalue weighted by Gasteiger charge is 2.14. The minimum atomic E-state index is -0.417. The molecule has 1 atom stereocenters. The van der Waals surface area contributed by atoms with Gasteiger partial charge >= 0.3 is 0 Å². The van der Waals surface area contributed by atoms with E-state index in [0.29, 0.717) is 0 Å². The van der Waals surface area contributed by atoms with Crippen LogP contribution in [0.15, 0.2) is 18.3 Å². The lowest BCUT2D eigenvalue weighted by atomic mass is 10.0. The number of rotatable bonds is 3. The Bertz CT molecular complexity index is 350. The van der Waals surface area contributed by atoms with Gasteiger partial charge in [0.25, 0.3) is 0 Å². The molecule has 2 N–H and O–H groups in total. The molecule has 0 radical (unpaired) electrons. The van der Waals surface area contributed by atoms with Crippen LogP contribution in [0.4, 0.5) is 5.82 Å². The molecule has 1 aliphatic rings. The van der Waals surface area contributed by atoms with Crippen LogP contribution >= 0.6 is 12.4 Å². The van der Waals surface area contributed by atoms with E-state index in [9.17, 15) is 5.11 Å². The average molecular weight is 272 g/mol. The van der Waals surface area contributed by atoms with Gasteiger partial charge in [-0.15, -0.1) is 12.4 Å². The molecule has 4 nitrogen and oxygen atoms in total. The number of aliphatic hydroxyl groups excluding tert-OH is 1. The molecule has 0 saturated carbocycles. The first-order chi connectivity index (χ1) is 8.18. The molecule has 1 saturated heterocycles. The van der Waals surface area contributed by atoms with Crippen molar-refractivity contribution in [1.29, 1.82) is 0 Å². The van der Waals surface area contributed by atoms with Gasteiger partial charge in [0.1, 0.15) is 5.82 Å². The van der Waals surface area contributed by atoms with Crippen molar-refractivity contribution in [2.45, 2.75) is 20.0 Å². The van der Waals surface area contributed by atoms with Crippen LogP contribution < -0.4 is 10.2 Å². The largest absolute Gasteiger partial charge is 0.388 e. The summed E-state index contributed by atoms with van der Waals surface area (Å²) in [5.74, 6) is 1.23. The summed E-state index contributed by atoms with van der Waals surface area (Å²) in [4.78, 5) is 6.71. The Morgan fingerprint density at radius 1 is 1.28 bits per heavy atom. The Labute approximate surface area is 115 Å². The first kappa shape index (κ1) is 15.2. The minimum absolute atomic E-state index is 0. The molecule has 0 amide bonds. The Hall–Kier alpha value is -0.840. The van der Waals surface area contributed by atoms with Crippen molar-refractivity contribution in [2.75, 3.05) is 31.1 Å². The number of aromatic nitrogens is 1. The summed E-state index contributed by atoms with van der Waals surface area (Å²) in [6.45, 7) is 8.04. The van der Waals surface area contributed by atoms with Gasteiger partial charge in [0.05, 0.1) is 6.10 Å². The molecule has 0 bridgehead atoms. The third-order valence-corrected chi connectivity index (χ3v) is 3.18. The normalized spacial score (nSPS) is 17.4. The number of nitrogens with zero attached hydrogens (tertiary/aromatic N) is 2. The molecule has 2 heterocycles. The van der Waals surface area contributed by atoms with E-state index >= 15 is 0 Å². The fourth-order valence-corrected chi connectivity index (χ4v) is 2.04. The Balaban J connectivity index is 0.00000162. The molecule has 2 rings (SSSR count). The second-order valence-electron chi connectivity index (χ2n) is 4.88. The second kappa shape index (κ2) is 6.92. The molecule has 0 spiro atoms. The Kier molecular flexibility index (Phi) is 5.85. The van der Waals surface area contributed by atoms with E-state index in [0.717, 1.165) is 37.6 Å². The first-order valence-corrected chi connectivity index (χ1v) is 6.28. The van der Waals surface area contributed by atoms with Crippen molar-refractivity contribution in [2.24, 2.45) is 5.92 Å². The van der Waals surface area contributed by atoms with Crippen molar-refractivity contribution in [3.8, 4) is 0 Å². The number of anilines is 1. The summed E-state index contributed by atoms with van der Waals surface area (Å²) in [7, 11) is 0. The fraction of sp³-hybridized carbons (Fsp3) is 0.615. The van der Waals surface area contributed by atoms with E-state index in [1.807, 2.05) is 26.0 Å². The third kappa shape index (κ3) is 3.57. The second-order valence-corrected chi connectivity index (χ2v) is 4.88. The van der Waals surface area contributed by atoms with Crippen LogP contribution in [-0.2, 0) is 0 Å². The highest BCUT2D eigenvalue weighted by atomic mass is 35.5. The van der Waals surface area contributed by atoms with Gasteiger partial charge in [0.15, 0.2) is 0 Å². The van der Waals surface area contributed by atoms with E-state index in [1.54, 1.807) is 6.20 Å². The van der Waals surface area contributed by atoms with Gasteiger partial charge < -0.3 is 15.3 Å². The van der Waals surface area contributed by atoms with Gasteiger partial charge in [-0.1, -0.05) is 19.9 Å². The SMILES string of the molecule is CC(C)C(O)c1ccc(N2CCNCC2)nc1.Cl. The summed E-state index contributed by atoms with van der Waals surface area (Å²) < 4.78 is 0. The lowest BCUT2D eigenvalue weighted by Crippen LogP contribution is -2.43. The molecule has 18 heavy (non-hydrogen) atoms. The summed E-state index contributed by atoms with van der Waals surface area (Å²) in [6.07, 6.45) is 1.38. The van der Waals surface area contributed by atoms with E-state index in [2.05, 4.69) is 15.2 Å². The predicted molar refractivity (Wildman–Crippen MR) is 76.4 cm³/mol. The highest BCUT2D eigenvalue weighted by molar-refractivity contribution is 5.85. The monoisotopic (exact) mass is 271 g/mol. The summed E-state index contributed by atoms with van der Waals surface area (Å²) in [5, 5.41) is 13.3. The number of hydrogen-bond acceptors (Lipinski definition) is 4. The molecule has 1 fully saturated rings. The van der Waals surface area contributed by atoms with Crippen LogP contribution in [0, 0.1) is 5.92 Å². The molecule has 1 aliphatic heterocycles. The van der Waals surface area contributed by atoms with Gasteiger partial charge in [0.2, 0.25) is 0 Å². The predicted octanol–water partition coefficient (Wildman–Crippen LogP) is 1.60. The quantitative estimate of drug-likeness (QED) is 0.877. The maximum absolute atomic E-state index is 9.94.